The minimum atomic E-state index is -0.334. The number of benzene rings is 1. The fraction of sp³-hybridized carbons (Fsp3) is 0.619. The predicted octanol–water partition coefficient (Wildman–Crippen LogP) is 2.69. The molecule has 0 spiro atoms. The molecule has 0 radical (unpaired) electrons. The lowest BCUT2D eigenvalue weighted by Crippen LogP contribution is -2.49. The second-order valence-corrected chi connectivity index (χ2v) is 7.45. The molecule has 2 fully saturated rings. The first kappa shape index (κ1) is 19.5. The fourth-order valence-electron chi connectivity index (χ4n) is 4.15. The molecule has 6 heteroatoms. The highest BCUT2D eigenvalue weighted by Gasteiger charge is 2.34. The number of hydrogen-bond acceptors (Lipinski definition) is 4. The number of carbonyl (C=O) groups is 2. The smallest absolute Gasteiger partial charge is 0.243 e. The Hall–Kier alpha value is -2.24. The summed E-state index contributed by atoms with van der Waals surface area (Å²) in [6.07, 6.45) is 7.60. The number of rotatable bonds is 6. The first-order valence-corrected chi connectivity index (χ1v) is 9.93. The van der Waals surface area contributed by atoms with Crippen LogP contribution < -0.4 is 14.8 Å². The molecule has 1 aromatic rings. The number of amides is 2. The summed E-state index contributed by atoms with van der Waals surface area (Å²) in [5.74, 6) is 1.25. The standard InChI is InChI=1S/C21H30N2O4/c1-26-18-11-10-15(13-19(18)27-2)14-20(24)23-12-6-9-17(23)21(25)22-16-7-4-3-5-8-16/h10-11,13,16-17H,3-9,12,14H2,1-2H3,(H,22,25)/t17-/m1/s1. The van der Waals surface area contributed by atoms with Crippen LogP contribution in [0.1, 0.15) is 50.5 Å². The maximum absolute atomic E-state index is 12.8. The van der Waals surface area contributed by atoms with Crippen LogP contribution in [0.5, 0.6) is 11.5 Å². The number of carbonyl (C=O) groups excluding carboxylic acids is 2. The Bertz CT molecular complexity index is 670. The molecular formula is C21H30N2O4. The van der Waals surface area contributed by atoms with Crippen LogP contribution in [0, 0.1) is 0 Å². The molecule has 2 amide bonds. The molecular weight excluding hydrogens is 344 g/mol. The van der Waals surface area contributed by atoms with Crippen molar-refractivity contribution in [3.05, 3.63) is 23.8 Å². The average molecular weight is 374 g/mol. The molecule has 1 saturated heterocycles. The van der Waals surface area contributed by atoms with E-state index in [1.807, 2.05) is 12.1 Å². The van der Waals surface area contributed by atoms with E-state index < -0.39 is 0 Å². The van der Waals surface area contributed by atoms with Crippen molar-refractivity contribution >= 4 is 11.8 Å². The summed E-state index contributed by atoms with van der Waals surface area (Å²) in [6, 6.07) is 5.43. The van der Waals surface area contributed by atoms with Gasteiger partial charge in [-0.05, 0) is 43.4 Å². The summed E-state index contributed by atoms with van der Waals surface area (Å²) < 4.78 is 10.6. The third kappa shape index (κ3) is 4.73. The first-order chi connectivity index (χ1) is 13.1. The molecule has 1 aliphatic carbocycles. The molecule has 3 rings (SSSR count). The molecule has 1 aromatic carbocycles. The summed E-state index contributed by atoms with van der Waals surface area (Å²) in [7, 11) is 3.16. The van der Waals surface area contributed by atoms with E-state index in [-0.39, 0.29) is 30.3 Å². The van der Waals surface area contributed by atoms with Gasteiger partial charge in [-0.25, -0.2) is 0 Å². The molecule has 0 aromatic heterocycles. The van der Waals surface area contributed by atoms with Gasteiger partial charge >= 0.3 is 0 Å². The summed E-state index contributed by atoms with van der Waals surface area (Å²) in [4.78, 5) is 27.3. The Morgan fingerprint density at radius 3 is 2.48 bits per heavy atom. The Labute approximate surface area is 161 Å². The molecule has 1 saturated carbocycles. The van der Waals surface area contributed by atoms with E-state index in [9.17, 15) is 9.59 Å². The maximum Gasteiger partial charge on any atom is 0.243 e. The second-order valence-electron chi connectivity index (χ2n) is 7.45. The fourth-order valence-corrected chi connectivity index (χ4v) is 4.15. The number of likely N-dealkylation sites (tertiary alicyclic amines) is 1. The van der Waals surface area contributed by atoms with Crippen LogP contribution in [0.4, 0.5) is 0 Å². The van der Waals surface area contributed by atoms with Crippen molar-refractivity contribution in [2.45, 2.75) is 63.5 Å². The van der Waals surface area contributed by atoms with Gasteiger partial charge in [0.25, 0.3) is 0 Å². The molecule has 148 valence electrons. The average Bonchev–Trinajstić information content (AvgIpc) is 3.19. The quantitative estimate of drug-likeness (QED) is 0.831. The van der Waals surface area contributed by atoms with Crippen molar-refractivity contribution in [1.82, 2.24) is 10.2 Å². The zero-order chi connectivity index (χ0) is 19.2. The second kappa shape index (κ2) is 9.11. The number of nitrogens with one attached hydrogen (secondary N) is 1. The van der Waals surface area contributed by atoms with Crippen LogP contribution >= 0.6 is 0 Å². The molecule has 6 nitrogen and oxygen atoms in total. The van der Waals surface area contributed by atoms with E-state index in [0.717, 1.165) is 31.2 Å². The van der Waals surface area contributed by atoms with E-state index in [1.165, 1.54) is 19.3 Å². The van der Waals surface area contributed by atoms with Crippen molar-refractivity contribution in [3.8, 4) is 11.5 Å². The molecule has 1 aliphatic heterocycles. The minimum Gasteiger partial charge on any atom is -0.493 e. The van der Waals surface area contributed by atoms with Gasteiger partial charge in [-0.3, -0.25) is 9.59 Å². The van der Waals surface area contributed by atoms with Gasteiger partial charge in [-0.1, -0.05) is 25.3 Å². The normalized spacial score (nSPS) is 20.4. The van der Waals surface area contributed by atoms with E-state index in [1.54, 1.807) is 25.2 Å². The molecule has 0 bridgehead atoms. The third-order valence-electron chi connectivity index (χ3n) is 5.63. The number of methoxy groups -OCH3 is 2. The van der Waals surface area contributed by atoms with Gasteiger partial charge in [0.05, 0.1) is 20.6 Å². The van der Waals surface area contributed by atoms with Crippen molar-refractivity contribution < 1.29 is 19.1 Å². The molecule has 1 N–H and O–H groups in total. The SMILES string of the molecule is COc1ccc(CC(=O)N2CCC[C@@H]2C(=O)NC2CCCCC2)cc1OC. The Balaban J connectivity index is 1.62. The zero-order valence-corrected chi connectivity index (χ0v) is 16.3. The maximum atomic E-state index is 12.8. The topological polar surface area (TPSA) is 67.9 Å². The largest absolute Gasteiger partial charge is 0.493 e. The van der Waals surface area contributed by atoms with Crippen LogP contribution in [0.15, 0.2) is 18.2 Å². The minimum absolute atomic E-state index is 0.0106. The molecule has 1 heterocycles. The highest BCUT2D eigenvalue weighted by molar-refractivity contribution is 5.89. The highest BCUT2D eigenvalue weighted by Crippen LogP contribution is 2.28. The summed E-state index contributed by atoms with van der Waals surface area (Å²) >= 11 is 0. The molecule has 1 atom stereocenters. The van der Waals surface area contributed by atoms with Crippen molar-refractivity contribution in [2.75, 3.05) is 20.8 Å². The highest BCUT2D eigenvalue weighted by atomic mass is 16.5. The number of ether oxygens (including phenoxy) is 2. The molecule has 0 unspecified atom stereocenters. The Kier molecular flexibility index (Phi) is 6.58. The summed E-state index contributed by atoms with van der Waals surface area (Å²) in [5, 5.41) is 3.17. The van der Waals surface area contributed by atoms with Gasteiger partial charge in [-0.2, -0.15) is 0 Å². The van der Waals surface area contributed by atoms with Crippen LogP contribution in [0.2, 0.25) is 0 Å². The number of hydrogen-bond donors (Lipinski definition) is 1. The lowest BCUT2D eigenvalue weighted by Gasteiger charge is -2.28. The van der Waals surface area contributed by atoms with Crippen molar-refractivity contribution in [3.63, 3.8) is 0 Å². The van der Waals surface area contributed by atoms with Crippen molar-refractivity contribution in [1.29, 1.82) is 0 Å². The number of nitrogens with zero attached hydrogens (tertiary/aromatic N) is 1. The monoisotopic (exact) mass is 374 g/mol. The van der Waals surface area contributed by atoms with Gasteiger partial charge in [0.2, 0.25) is 11.8 Å². The van der Waals surface area contributed by atoms with Crippen LogP contribution in [-0.4, -0.2) is 49.6 Å². The van der Waals surface area contributed by atoms with E-state index in [0.29, 0.717) is 18.0 Å². The Morgan fingerprint density at radius 2 is 1.78 bits per heavy atom. The zero-order valence-electron chi connectivity index (χ0n) is 16.3. The Morgan fingerprint density at radius 1 is 1.04 bits per heavy atom. The van der Waals surface area contributed by atoms with E-state index >= 15 is 0 Å². The van der Waals surface area contributed by atoms with Gasteiger partial charge in [0.1, 0.15) is 6.04 Å². The lowest BCUT2D eigenvalue weighted by molar-refractivity contribution is -0.138. The lowest BCUT2D eigenvalue weighted by atomic mass is 9.95. The van der Waals surface area contributed by atoms with Gasteiger partial charge < -0.3 is 19.7 Å². The summed E-state index contributed by atoms with van der Waals surface area (Å²) in [5.41, 5.74) is 0.857. The van der Waals surface area contributed by atoms with Crippen LogP contribution in [0.3, 0.4) is 0 Å². The van der Waals surface area contributed by atoms with Gasteiger partial charge in [-0.15, -0.1) is 0 Å². The van der Waals surface area contributed by atoms with Gasteiger partial charge in [0, 0.05) is 12.6 Å². The third-order valence-corrected chi connectivity index (χ3v) is 5.63. The van der Waals surface area contributed by atoms with Crippen molar-refractivity contribution in [2.24, 2.45) is 0 Å². The molecule has 2 aliphatic rings. The predicted molar refractivity (Wildman–Crippen MR) is 103 cm³/mol. The van der Waals surface area contributed by atoms with Gasteiger partial charge in [0.15, 0.2) is 11.5 Å². The first-order valence-electron chi connectivity index (χ1n) is 9.93. The van der Waals surface area contributed by atoms with E-state index in [4.69, 9.17) is 9.47 Å². The van der Waals surface area contributed by atoms with Crippen LogP contribution in [0.25, 0.3) is 0 Å². The molecule has 27 heavy (non-hydrogen) atoms. The van der Waals surface area contributed by atoms with E-state index in [2.05, 4.69) is 5.32 Å². The summed E-state index contributed by atoms with van der Waals surface area (Å²) in [6.45, 7) is 0.648. The van der Waals surface area contributed by atoms with Crippen LogP contribution in [-0.2, 0) is 16.0 Å².